The van der Waals surface area contributed by atoms with Crippen LogP contribution >= 0.6 is 0 Å². The first-order valence-corrected chi connectivity index (χ1v) is 8.73. The maximum atomic E-state index is 4.10. The molecular formula is C20H31. The lowest BCUT2D eigenvalue weighted by Gasteiger charge is -2.30. The summed E-state index contributed by atoms with van der Waals surface area (Å²) >= 11 is 0. The molecule has 0 heteroatoms. The summed E-state index contributed by atoms with van der Waals surface area (Å²) in [6.07, 6.45) is 15.3. The Morgan fingerprint density at radius 2 is 1.70 bits per heavy atom. The van der Waals surface area contributed by atoms with Crippen LogP contribution in [0.15, 0.2) is 30.3 Å². The predicted octanol–water partition coefficient (Wildman–Crippen LogP) is 6.21. The third-order valence-electron chi connectivity index (χ3n) is 5.02. The summed E-state index contributed by atoms with van der Waals surface area (Å²) < 4.78 is 0. The fraction of sp³-hybridized carbons (Fsp3) is 0.650. The van der Waals surface area contributed by atoms with Gasteiger partial charge in [0, 0.05) is 0 Å². The molecule has 1 saturated carbocycles. The van der Waals surface area contributed by atoms with Crippen molar-refractivity contribution in [1.29, 1.82) is 0 Å². The molecule has 0 aliphatic heterocycles. The van der Waals surface area contributed by atoms with E-state index >= 15 is 0 Å². The molecule has 0 heterocycles. The molecule has 0 N–H and O–H groups in total. The Hall–Kier alpha value is -0.780. The normalized spacial score (nSPS) is 18.1. The molecule has 111 valence electrons. The minimum absolute atomic E-state index is 0.962. The molecule has 0 bridgehead atoms. The molecule has 0 aromatic heterocycles. The van der Waals surface area contributed by atoms with Crippen molar-refractivity contribution < 1.29 is 0 Å². The van der Waals surface area contributed by atoms with E-state index in [9.17, 15) is 0 Å². The second-order valence-electron chi connectivity index (χ2n) is 6.53. The second kappa shape index (κ2) is 9.21. The van der Waals surface area contributed by atoms with E-state index in [1.165, 1.54) is 69.8 Å². The van der Waals surface area contributed by atoms with Gasteiger partial charge in [-0.25, -0.2) is 0 Å². The molecule has 0 spiro atoms. The average molecular weight is 271 g/mol. The van der Waals surface area contributed by atoms with E-state index in [1.807, 2.05) is 0 Å². The lowest BCUT2D eigenvalue weighted by atomic mass is 9.76. The van der Waals surface area contributed by atoms with Crippen LogP contribution in [-0.2, 0) is 6.42 Å². The Morgan fingerprint density at radius 3 is 2.40 bits per heavy atom. The van der Waals surface area contributed by atoms with Crippen LogP contribution in [0.1, 0.15) is 69.8 Å². The van der Waals surface area contributed by atoms with E-state index in [0.717, 1.165) is 18.3 Å². The van der Waals surface area contributed by atoms with Gasteiger partial charge < -0.3 is 0 Å². The Labute approximate surface area is 126 Å². The summed E-state index contributed by atoms with van der Waals surface area (Å²) in [5.74, 6) is 1.98. The monoisotopic (exact) mass is 271 g/mol. The molecule has 1 radical (unpaired) electrons. The summed E-state index contributed by atoms with van der Waals surface area (Å²) in [6.45, 7) is 4.10. The van der Waals surface area contributed by atoms with Crippen LogP contribution in [0.25, 0.3) is 0 Å². The van der Waals surface area contributed by atoms with Gasteiger partial charge in [0.15, 0.2) is 0 Å². The number of unbranched alkanes of at least 4 members (excludes halogenated alkanes) is 1. The minimum atomic E-state index is 0.962. The van der Waals surface area contributed by atoms with E-state index in [2.05, 4.69) is 37.3 Å². The third-order valence-corrected chi connectivity index (χ3v) is 5.02. The molecule has 1 fully saturated rings. The van der Waals surface area contributed by atoms with Crippen LogP contribution in [0, 0.1) is 18.8 Å². The molecule has 2 rings (SSSR count). The van der Waals surface area contributed by atoms with Crippen LogP contribution in [0.3, 0.4) is 0 Å². The number of aryl methyl sites for hydroxylation is 1. The predicted molar refractivity (Wildman–Crippen MR) is 88.7 cm³/mol. The van der Waals surface area contributed by atoms with Crippen molar-refractivity contribution in [3.8, 4) is 0 Å². The fourth-order valence-electron chi connectivity index (χ4n) is 3.86. The molecular weight excluding hydrogens is 240 g/mol. The van der Waals surface area contributed by atoms with Crippen molar-refractivity contribution in [3.05, 3.63) is 42.8 Å². The van der Waals surface area contributed by atoms with Crippen LogP contribution in [-0.4, -0.2) is 0 Å². The minimum Gasteiger partial charge on any atom is -0.0622 e. The Kier molecular flexibility index (Phi) is 7.19. The molecule has 0 amide bonds. The molecule has 0 nitrogen and oxygen atoms in total. The van der Waals surface area contributed by atoms with Gasteiger partial charge in [-0.05, 0) is 30.2 Å². The highest BCUT2D eigenvalue weighted by Crippen LogP contribution is 2.35. The van der Waals surface area contributed by atoms with Gasteiger partial charge in [-0.1, -0.05) is 95.0 Å². The zero-order valence-electron chi connectivity index (χ0n) is 13.0. The smallest absolute Gasteiger partial charge is 0.0279 e. The Bertz CT molecular complexity index is 334. The first-order chi connectivity index (χ1) is 9.90. The summed E-state index contributed by atoms with van der Waals surface area (Å²) in [6, 6.07) is 10.9. The van der Waals surface area contributed by atoms with Crippen LogP contribution in [0.4, 0.5) is 0 Å². The van der Waals surface area contributed by atoms with E-state index in [0.29, 0.717) is 0 Å². The van der Waals surface area contributed by atoms with Gasteiger partial charge >= 0.3 is 0 Å². The first kappa shape index (κ1) is 15.6. The number of hydrogen-bond donors (Lipinski definition) is 0. The Balaban J connectivity index is 1.69. The lowest BCUT2D eigenvalue weighted by molar-refractivity contribution is 0.221. The molecule has 1 aromatic rings. The average Bonchev–Trinajstić information content (AvgIpc) is 2.52. The number of hydrogen-bond acceptors (Lipinski definition) is 0. The van der Waals surface area contributed by atoms with E-state index < -0.39 is 0 Å². The van der Waals surface area contributed by atoms with E-state index in [-0.39, 0.29) is 0 Å². The quantitative estimate of drug-likeness (QED) is 0.493. The van der Waals surface area contributed by atoms with Gasteiger partial charge in [0.2, 0.25) is 0 Å². The van der Waals surface area contributed by atoms with E-state index in [1.54, 1.807) is 0 Å². The maximum absolute atomic E-state index is 4.10. The summed E-state index contributed by atoms with van der Waals surface area (Å²) in [5.41, 5.74) is 1.50. The summed E-state index contributed by atoms with van der Waals surface area (Å²) in [7, 11) is 0. The standard InChI is InChI=1S/C20H31/c1-2-11-19(20-15-7-4-8-16-20)17-10-9-14-18-12-5-3-6-13-18/h3,5-6,12-13,19-20H,1-2,4,7-11,14-17H2. The van der Waals surface area contributed by atoms with Crippen LogP contribution < -0.4 is 0 Å². The van der Waals surface area contributed by atoms with Gasteiger partial charge in [-0.2, -0.15) is 0 Å². The van der Waals surface area contributed by atoms with Crippen molar-refractivity contribution in [1.82, 2.24) is 0 Å². The molecule has 0 saturated heterocycles. The fourth-order valence-corrected chi connectivity index (χ4v) is 3.86. The van der Waals surface area contributed by atoms with Crippen molar-refractivity contribution in [2.24, 2.45) is 11.8 Å². The van der Waals surface area contributed by atoms with Gasteiger partial charge in [0.25, 0.3) is 0 Å². The highest BCUT2D eigenvalue weighted by molar-refractivity contribution is 5.14. The van der Waals surface area contributed by atoms with Crippen molar-refractivity contribution in [3.63, 3.8) is 0 Å². The van der Waals surface area contributed by atoms with E-state index in [4.69, 9.17) is 0 Å². The molecule has 20 heavy (non-hydrogen) atoms. The second-order valence-corrected chi connectivity index (χ2v) is 6.53. The maximum Gasteiger partial charge on any atom is -0.0279 e. The topological polar surface area (TPSA) is 0 Å². The third kappa shape index (κ3) is 5.31. The summed E-state index contributed by atoms with van der Waals surface area (Å²) in [5, 5.41) is 0. The van der Waals surface area contributed by atoms with Gasteiger partial charge in [0.05, 0.1) is 0 Å². The molecule has 1 aliphatic rings. The van der Waals surface area contributed by atoms with Gasteiger partial charge in [0.1, 0.15) is 0 Å². The van der Waals surface area contributed by atoms with Crippen LogP contribution in [0.5, 0.6) is 0 Å². The van der Waals surface area contributed by atoms with Crippen molar-refractivity contribution in [2.75, 3.05) is 0 Å². The zero-order valence-corrected chi connectivity index (χ0v) is 13.0. The molecule has 1 unspecified atom stereocenters. The SMILES string of the molecule is [CH2]CCC(CCCCc1ccccc1)C1CCCCC1. The summed E-state index contributed by atoms with van der Waals surface area (Å²) in [4.78, 5) is 0. The lowest BCUT2D eigenvalue weighted by Crippen LogP contribution is -2.18. The highest BCUT2D eigenvalue weighted by Gasteiger charge is 2.22. The number of rotatable bonds is 8. The van der Waals surface area contributed by atoms with Gasteiger partial charge in [-0.3, -0.25) is 0 Å². The zero-order chi connectivity index (χ0) is 14.0. The molecule has 1 atom stereocenters. The molecule has 1 aliphatic carbocycles. The van der Waals surface area contributed by atoms with Crippen molar-refractivity contribution in [2.45, 2.75) is 70.6 Å². The van der Waals surface area contributed by atoms with Crippen LogP contribution in [0.2, 0.25) is 0 Å². The first-order valence-electron chi connectivity index (χ1n) is 8.73. The largest absolute Gasteiger partial charge is 0.0622 e. The van der Waals surface area contributed by atoms with Crippen molar-refractivity contribution >= 4 is 0 Å². The number of benzene rings is 1. The highest BCUT2D eigenvalue weighted by atomic mass is 14.3. The van der Waals surface area contributed by atoms with Gasteiger partial charge in [-0.15, -0.1) is 0 Å². The molecule has 1 aromatic carbocycles. The Morgan fingerprint density at radius 1 is 0.950 bits per heavy atom.